The van der Waals surface area contributed by atoms with Crippen LogP contribution in [0.5, 0.6) is 0 Å². The topological polar surface area (TPSA) is 57.9 Å². The fourth-order valence-electron chi connectivity index (χ4n) is 0.626. The summed E-state index contributed by atoms with van der Waals surface area (Å²) in [7, 11) is -2.69. The molecular weight excluding hydrogens is 207 g/mol. The maximum atomic E-state index is 11.6. The zero-order valence-electron chi connectivity index (χ0n) is 6.43. The molecule has 7 heteroatoms. The Bertz CT molecular complexity index is 328. The smallest absolute Gasteiger partial charge is 0.192 e. The Balaban J connectivity index is 4.08. The Morgan fingerprint density at radius 2 is 1.92 bits per heavy atom. The van der Waals surface area contributed by atoms with E-state index in [1.807, 2.05) is 0 Å². The number of nitriles is 1. The van der Waals surface area contributed by atoms with Crippen LogP contribution < -0.4 is 0 Å². The summed E-state index contributed by atoms with van der Waals surface area (Å²) in [4.78, 5) is -0.538. The Hall–Kier alpha value is -1.03. The van der Waals surface area contributed by atoms with E-state index in [1.165, 1.54) is 6.07 Å². The van der Waals surface area contributed by atoms with Crippen molar-refractivity contribution >= 4 is 15.2 Å². The molecule has 0 aromatic rings. The van der Waals surface area contributed by atoms with Crippen LogP contribution in [0, 0.1) is 11.3 Å². The van der Waals surface area contributed by atoms with Crippen molar-refractivity contribution in [3.63, 3.8) is 0 Å². The highest BCUT2D eigenvalue weighted by Gasteiger charge is 2.26. The van der Waals surface area contributed by atoms with Crippen molar-refractivity contribution in [2.45, 2.75) is 25.4 Å². The van der Waals surface area contributed by atoms with Gasteiger partial charge in [-0.2, -0.15) is 26.9 Å². The van der Waals surface area contributed by atoms with Crippen molar-refractivity contribution in [3.05, 3.63) is 0 Å². The van der Waals surface area contributed by atoms with E-state index < -0.39 is 27.8 Å². The summed E-state index contributed by atoms with van der Waals surface area (Å²) in [5, 5.41) is 8.16. The zero-order valence-corrected chi connectivity index (χ0v) is 7.24. The molecule has 0 saturated carbocycles. The second kappa shape index (κ2) is 4.87. The SMILES string of the molecule is N#CC(CCCC(F)(F)F)=S(=O)=O. The molecule has 0 amide bonds. The van der Waals surface area contributed by atoms with Gasteiger partial charge in [-0.1, -0.05) is 0 Å². The molecule has 0 heterocycles. The van der Waals surface area contributed by atoms with Gasteiger partial charge in [-0.25, -0.2) is 0 Å². The molecule has 0 fully saturated rings. The molecule has 0 aliphatic heterocycles. The van der Waals surface area contributed by atoms with Gasteiger partial charge in [-0.15, -0.1) is 0 Å². The van der Waals surface area contributed by atoms with Gasteiger partial charge in [0.25, 0.3) is 0 Å². The third-order valence-electron chi connectivity index (χ3n) is 1.19. The average Bonchev–Trinajstić information content (AvgIpc) is 1.95. The monoisotopic (exact) mass is 213 g/mol. The van der Waals surface area contributed by atoms with Gasteiger partial charge in [0, 0.05) is 6.42 Å². The first-order valence-corrected chi connectivity index (χ1v) is 4.36. The summed E-state index contributed by atoms with van der Waals surface area (Å²) in [6.07, 6.45) is -6.10. The summed E-state index contributed by atoms with van der Waals surface area (Å²) in [6, 6.07) is 1.32. The highest BCUT2D eigenvalue weighted by atomic mass is 32.2. The number of nitrogens with zero attached hydrogens (tertiary/aromatic N) is 1. The largest absolute Gasteiger partial charge is 0.389 e. The number of rotatable bonds is 3. The Morgan fingerprint density at radius 1 is 1.38 bits per heavy atom. The van der Waals surface area contributed by atoms with Crippen molar-refractivity contribution in [1.29, 1.82) is 5.26 Å². The highest BCUT2D eigenvalue weighted by Crippen LogP contribution is 2.22. The van der Waals surface area contributed by atoms with Crippen molar-refractivity contribution in [3.8, 4) is 6.07 Å². The maximum Gasteiger partial charge on any atom is 0.389 e. The molecule has 0 aromatic carbocycles. The Morgan fingerprint density at radius 3 is 2.23 bits per heavy atom. The lowest BCUT2D eigenvalue weighted by Crippen LogP contribution is -2.08. The van der Waals surface area contributed by atoms with Gasteiger partial charge in [0.15, 0.2) is 0 Å². The van der Waals surface area contributed by atoms with E-state index in [0.717, 1.165) is 0 Å². The van der Waals surface area contributed by atoms with Crippen LogP contribution in [0.25, 0.3) is 0 Å². The number of hydrogen-bond donors (Lipinski definition) is 0. The van der Waals surface area contributed by atoms with Crippen LogP contribution in [0.15, 0.2) is 0 Å². The van der Waals surface area contributed by atoms with Crippen molar-refractivity contribution in [1.82, 2.24) is 0 Å². The van der Waals surface area contributed by atoms with Crippen LogP contribution >= 0.6 is 0 Å². The molecule has 0 bridgehead atoms. The third kappa shape index (κ3) is 6.16. The molecule has 13 heavy (non-hydrogen) atoms. The van der Waals surface area contributed by atoms with E-state index in [4.69, 9.17) is 5.26 Å². The molecule has 74 valence electrons. The number of halogens is 3. The van der Waals surface area contributed by atoms with Crippen molar-refractivity contribution in [2.75, 3.05) is 0 Å². The minimum absolute atomic E-state index is 0.355. The number of alkyl halides is 3. The van der Waals surface area contributed by atoms with E-state index in [2.05, 4.69) is 0 Å². The summed E-state index contributed by atoms with van der Waals surface area (Å²) < 4.78 is 55.0. The molecule has 0 radical (unpaired) electrons. The lowest BCUT2D eigenvalue weighted by atomic mass is 10.2. The predicted octanol–water partition coefficient (Wildman–Crippen LogP) is 1.29. The van der Waals surface area contributed by atoms with Crippen LogP contribution in [0.3, 0.4) is 0 Å². The minimum atomic E-state index is -4.30. The van der Waals surface area contributed by atoms with Crippen molar-refractivity contribution < 1.29 is 21.6 Å². The molecule has 0 saturated heterocycles. The predicted molar refractivity (Wildman–Crippen MR) is 39.4 cm³/mol. The van der Waals surface area contributed by atoms with E-state index >= 15 is 0 Å². The van der Waals surface area contributed by atoms with Gasteiger partial charge in [-0.05, 0) is 12.8 Å². The quantitative estimate of drug-likeness (QED) is 0.664. The molecule has 3 nitrogen and oxygen atoms in total. The molecule has 0 aromatic heterocycles. The first kappa shape index (κ1) is 12.0. The van der Waals surface area contributed by atoms with Crippen LogP contribution in [0.4, 0.5) is 13.2 Å². The molecular formula is C6H6F3NO2S. The second-order valence-electron chi connectivity index (χ2n) is 2.24. The number of hydrogen-bond acceptors (Lipinski definition) is 3. The standard InChI is InChI=1S/C6H6F3NO2S/c7-6(8,9)3-1-2-5(4-10)13(11)12/h1-3H2. The first-order chi connectivity index (χ1) is 5.87. The third-order valence-corrected chi connectivity index (χ3v) is 1.89. The normalized spacial score (nSPS) is 10.6. The van der Waals surface area contributed by atoms with Gasteiger partial charge in [-0.3, -0.25) is 0 Å². The summed E-state index contributed by atoms with van der Waals surface area (Å²) >= 11 is 0. The summed E-state index contributed by atoms with van der Waals surface area (Å²) in [5.41, 5.74) is 0. The lowest BCUT2D eigenvalue weighted by molar-refractivity contribution is -0.135. The Labute approximate surface area is 74.3 Å². The van der Waals surface area contributed by atoms with Gasteiger partial charge in [0.2, 0.25) is 10.3 Å². The van der Waals surface area contributed by atoms with Crippen LogP contribution in [0.1, 0.15) is 19.3 Å². The molecule has 0 spiro atoms. The zero-order chi connectivity index (χ0) is 10.5. The fraction of sp³-hybridized carbons (Fsp3) is 0.667. The van der Waals surface area contributed by atoms with E-state index in [1.54, 1.807) is 0 Å². The minimum Gasteiger partial charge on any atom is -0.192 e. The van der Waals surface area contributed by atoms with E-state index in [-0.39, 0.29) is 12.8 Å². The van der Waals surface area contributed by atoms with Gasteiger partial charge >= 0.3 is 6.18 Å². The maximum absolute atomic E-state index is 11.6. The van der Waals surface area contributed by atoms with Crippen LogP contribution in [-0.4, -0.2) is 19.5 Å². The summed E-state index contributed by atoms with van der Waals surface area (Å²) in [6.45, 7) is 0. The van der Waals surface area contributed by atoms with Crippen LogP contribution in [0.2, 0.25) is 0 Å². The second-order valence-corrected chi connectivity index (χ2v) is 3.20. The fourth-order valence-corrected chi connectivity index (χ4v) is 1.01. The van der Waals surface area contributed by atoms with Crippen molar-refractivity contribution in [2.24, 2.45) is 0 Å². The first-order valence-electron chi connectivity index (χ1n) is 3.29. The van der Waals surface area contributed by atoms with Gasteiger partial charge in [0.1, 0.15) is 10.9 Å². The molecule has 0 aliphatic rings. The van der Waals surface area contributed by atoms with E-state index in [0.29, 0.717) is 0 Å². The van der Waals surface area contributed by atoms with E-state index in [9.17, 15) is 21.6 Å². The Kier molecular flexibility index (Phi) is 4.48. The molecule has 0 unspecified atom stereocenters. The van der Waals surface area contributed by atoms with Gasteiger partial charge in [0.05, 0.1) is 0 Å². The highest BCUT2D eigenvalue weighted by molar-refractivity contribution is 7.73. The lowest BCUT2D eigenvalue weighted by Gasteiger charge is -2.03. The molecule has 0 N–H and O–H groups in total. The van der Waals surface area contributed by atoms with Crippen LogP contribution in [-0.2, 0) is 10.3 Å². The molecule has 0 aliphatic carbocycles. The summed E-state index contributed by atoms with van der Waals surface area (Å²) in [5.74, 6) is 0. The average molecular weight is 213 g/mol. The molecule has 0 rings (SSSR count). The molecule has 0 atom stereocenters. The van der Waals surface area contributed by atoms with Gasteiger partial charge < -0.3 is 0 Å².